The molecule has 3 N–H and O–H groups in total. The van der Waals surface area contributed by atoms with E-state index < -0.39 is 6.61 Å². The Balaban J connectivity index is 2.42. The predicted molar refractivity (Wildman–Crippen MR) is 77.0 cm³/mol. The third-order valence-electron chi connectivity index (χ3n) is 3.19. The highest BCUT2D eigenvalue weighted by atomic mass is 19.3. The molecule has 1 amide bonds. The van der Waals surface area contributed by atoms with Crippen LogP contribution in [-0.2, 0) is 11.3 Å². The minimum Gasteiger partial charge on any atom is -0.434 e. The normalized spacial score (nSPS) is 12.2. The summed E-state index contributed by atoms with van der Waals surface area (Å²) in [6, 6.07) is 6.42. The summed E-state index contributed by atoms with van der Waals surface area (Å²) in [6.45, 7) is -0.0426. The molecule has 0 aliphatic carbocycles. The zero-order chi connectivity index (χ0) is 15.7. The number of hydrogen-bond donors (Lipinski definition) is 2. The molecule has 6 heteroatoms. The van der Waals surface area contributed by atoms with Gasteiger partial charge >= 0.3 is 6.61 Å². The van der Waals surface area contributed by atoms with Crippen LogP contribution in [0, 0.1) is 5.92 Å². The van der Waals surface area contributed by atoms with Crippen LogP contribution in [0.15, 0.2) is 24.3 Å². The van der Waals surface area contributed by atoms with Crippen LogP contribution >= 0.6 is 0 Å². The van der Waals surface area contributed by atoms with Crippen molar-refractivity contribution in [1.82, 2.24) is 5.32 Å². The van der Waals surface area contributed by atoms with Crippen LogP contribution in [0.5, 0.6) is 5.75 Å². The fourth-order valence-corrected chi connectivity index (χ4v) is 1.95. The smallest absolute Gasteiger partial charge is 0.387 e. The summed E-state index contributed by atoms with van der Waals surface area (Å²) >= 11 is 0. The molecule has 1 aromatic rings. The molecule has 0 aliphatic heterocycles. The van der Waals surface area contributed by atoms with E-state index in [1.54, 1.807) is 18.2 Å². The number of nitrogens with one attached hydrogen (secondary N) is 1. The van der Waals surface area contributed by atoms with Gasteiger partial charge in [-0.25, -0.2) is 0 Å². The maximum atomic E-state index is 12.3. The lowest BCUT2D eigenvalue weighted by atomic mass is 10.0. The number of alkyl halides is 2. The molecule has 0 aliphatic rings. The van der Waals surface area contributed by atoms with E-state index >= 15 is 0 Å². The maximum Gasteiger partial charge on any atom is 0.387 e. The van der Waals surface area contributed by atoms with Crippen molar-refractivity contribution in [2.24, 2.45) is 11.7 Å². The number of rotatable bonds is 9. The van der Waals surface area contributed by atoms with Gasteiger partial charge in [0.25, 0.3) is 0 Å². The highest BCUT2D eigenvalue weighted by molar-refractivity contribution is 5.75. The average molecular weight is 300 g/mol. The Bertz CT molecular complexity index is 441. The van der Waals surface area contributed by atoms with Crippen molar-refractivity contribution in [3.05, 3.63) is 29.8 Å². The van der Waals surface area contributed by atoms with Gasteiger partial charge in [-0.15, -0.1) is 0 Å². The number of nitrogens with two attached hydrogens (primary N) is 1. The van der Waals surface area contributed by atoms with Gasteiger partial charge in [0.05, 0.1) is 0 Å². The lowest BCUT2D eigenvalue weighted by molar-refractivity contribution is -0.121. The second-order valence-electron chi connectivity index (χ2n) is 4.98. The first kappa shape index (κ1) is 17.4. The van der Waals surface area contributed by atoms with Crippen LogP contribution in [0.25, 0.3) is 0 Å². The Morgan fingerprint density at radius 3 is 2.71 bits per heavy atom. The Morgan fingerprint density at radius 2 is 2.05 bits per heavy atom. The quantitative estimate of drug-likeness (QED) is 0.737. The van der Waals surface area contributed by atoms with Crippen molar-refractivity contribution in [2.45, 2.75) is 39.3 Å². The Labute approximate surface area is 123 Å². The van der Waals surface area contributed by atoms with E-state index in [0.29, 0.717) is 24.4 Å². The number of amides is 1. The van der Waals surface area contributed by atoms with E-state index in [0.717, 1.165) is 12.8 Å². The van der Waals surface area contributed by atoms with Gasteiger partial charge in [-0.1, -0.05) is 25.1 Å². The molecule has 0 saturated heterocycles. The fraction of sp³-hybridized carbons (Fsp3) is 0.533. The molecule has 1 atom stereocenters. The van der Waals surface area contributed by atoms with Gasteiger partial charge in [-0.05, 0) is 31.4 Å². The monoisotopic (exact) mass is 300 g/mol. The molecule has 0 bridgehead atoms. The maximum absolute atomic E-state index is 12.3. The fourth-order valence-electron chi connectivity index (χ4n) is 1.95. The Morgan fingerprint density at radius 1 is 1.33 bits per heavy atom. The molecule has 0 aromatic heterocycles. The summed E-state index contributed by atoms with van der Waals surface area (Å²) in [5, 5.41) is 2.71. The molecule has 0 saturated carbocycles. The van der Waals surface area contributed by atoms with Gasteiger partial charge in [0.2, 0.25) is 5.91 Å². The number of benzene rings is 1. The zero-order valence-electron chi connectivity index (χ0n) is 12.1. The van der Waals surface area contributed by atoms with Crippen LogP contribution in [0.4, 0.5) is 8.78 Å². The van der Waals surface area contributed by atoms with Crippen molar-refractivity contribution in [2.75, 3.05) is 6.54 Å². The topological polar surface area (TPSA) is 64.4 Å². The third kappa shape index (κ3) is 7.04. The second-order valence-corrected chi connectivity index (χ2v) is 4.98. The van der Waals surface area contributed by atoms with Crippen LogP contribution in [0.3, 0.4) is 0 Å². The molecular formula is C15H22F2N2O2. The number of hydrogen-bond acceptors (Lipinski definition) is 3. The van der Waals surface area contributed by atoms with Crippen molar-refractivity contribution in [3.63, 3.8) is 0 Å². The Kier molecular flexibility index (Phi) is 7.68. The largest absolute Gasteiger partial charge is 0.434 e. The first-order valence-electron chi connectivity index (χ1n) is 7.02. The van der Waals surface area contributed by atoms with Crippen molar-refractivity contribution < 1.29 is 18.3 Å². The number of carbonyl (C=O) groups is 1. The van der Waals surface area contributed by atoms with E-state index in [1.807, 2.05) is 6.92 Å². The minimum absolute atomic E-state index is 0.0873. The predicted octanol–water partition coefficient (Wildman–Crippen LogP) is 2.67. The molecule has 4 nitrogen and oxygen atoms in total. The van der Waals surface area contributed by atoms with Crippen LogP contribution in [0.1, 0.15) is 31.7 Å². The SMILES string of the molecule is CC(CCN)CCC(=O)NCc1ccccc1OC(F)F. The summed E-state index contributed by atoms with van der Waals surface area (Å²) in [7, 11) is 0. The summed E-state index contributed by atoms with van der Waals surface area (Å²) < 4.78 is 28.9. The molecule has 0 fully saturated rings. The van der Waals surface area contributed by atoms with Crippen molar-refractivity contribution in [1.29, 1.82) is 0 Å². The van der Waals surface area contributed by atoms with Gasteiger partial charge in [-0.3, -0.25) is 4.79 Å². The van der Waals surface area contributed by atoms with E-state index in [-0.39, 0.29) is 18.2 Å². The molecule has 0 heterocycles. The van der Waals surface area contributed by atoms with Gasteiger partial charge < -0.3 is 15.8 Å². The van der Waals surface area contributed by atoms with E-state index in [1.165, 1.54) is 6.07 Å². The first-order chi connectivity index (χ1) is 10.0. The second kappa shape index (κ2) is 9.28. The van der Waals surface area contributed by atoms with Gasteiger partial charge in [0.1, 0.15) is 5.75 Å². The van der Waals surface area contributed by atoms with Gasteiger partial charge in [0, 0.05) is 18.5 Å². The van der Waals surface area contributed by atoms with Crippen LogP contribution < -0.4 is 15.8 Å². The highest BCUT2D eigenvalue weighted by Gasteiger charge is 2.10. The lowest BCUT2D eigenvalue weighted by Gasteiger charge is -2.12. The standard InChI is InChI=1S/C15H22F2N2O2/c1-11(8-9-18)6-7-14(20)19-10-12-4-2-3-5-13(12)21-15(16)17/h2-5,11,15H,6-10,18H2,1H3,(H,19,20). The summed E-state index contributed by atoms with van der Waals surface area (Å²) in [5.74, 6) is 0.380. The highest BCUT2D eigenvalue weighted by Crippen LogP contribution is 2.20. The summed E-state index contributed by atoms with van der Waals surface area (Å²) in [5.41, 5.74) is 5.98. The number of halogens is 2. The summed E-state index contributed by atoms with van der Waals surface area (Å²) in [4.78, 5) is 11.7. The third-order valence-corrected chi connectivity index (χ3v) is 3.19. The zero-order valence-corrected chi connectivity index (χ0v) is 12.1. The van der Waals surface area contributed by atoms with Crippen molar-refractivity contribution in [3.8, 4) is 5.75 Å². The van der Waals surface area contributed by atoms with Gasteiger partial charge in [-0.2, -0.15) is 8.78 Å². The van der Waals surface area contributed by atoms with Crippen molar-refractivity contribution >= 4 is 5.91 Å². The summed E-state index contributed by atoms with van der Waals surface area (Å²) in [6.07, 6.45) is 2.05. The molecule has 0 radical (unpaired) electrons. The lowest BCUT2D eigenvalue weighted by Crippen LogP contribution is -2.23. The molecule has 1 rings (SSSR count). The minimum atomic E-state index is -2.88. The van der Waals surface area contributed by atoms with Crippen LogP contribution in [0.2, 0.25) is 0 Å². The van der Waals surface area contributed by atoms with E-state index in [4.69, 9.17) is 5.73 Å². The average Bonchev–Trinajstić information content (AvgIpc) is 2.44. The first-order valence-corrected chi connectivity index (χ1v) is 7.02. The number of para-hydroxylation sites is 1. The molecule has 1 unspecified atom stereocenters. The van der Waals surface area contributed by atoms with E-state index in [2.05, 4.69) is 10.1 Å². The van der Waals surface area contributed by atoms with Crippen LogP contribution in [-0.4, -0.2) is 19.1 Å². The molecule has 21 heavy (non-hydrogen) atoms. The number of ether oxygens (including phenoxy) is 1. The molecular weight excluding hydrogens is 278 g/mol. The molecule has 0 spiro atoms. The number of carbonyl (C=O) groups excluding carboxylic acids is 1. The van der Waals surface area contributed by atoms with Gasteiger partial charge in [0.15, 0.2) is 0 Å². The molecule has 118 valence electrons. The van der Waals surface area contributed by atoms with E-state index in [9.17, 15) is 13.6 Å². The Hall–Kier alpha value is -1.69. The molecule has 1 aromatic carbocycles.